The number of unbranched alkanes of at least 4 members (excludes halogenated alkanes) is 1. The Bertz CT molecular complexity index is 333. The number of nitrogens with zero attached hydrogens (tertiary/aromatic N) is 1. The highest BCUT2D eigenvalue weighted by Gasteiger charge is 1.98. The van der Waals surface area contributed by atoms with Crippen LogP contribution in [0, 0.1) is 0 Å². The average molecular weight is 264 g/mol. The lowest BCUT2D eigenvalue weighted by atomic mass is 10.2. The molecule has 0 atom stereocenters. The predicted molar refractivity (Wildman–Crippen MR) is 81.7 cm³/mol. The van der Waals surface area contributed by atoms with E-state index in [2.05, 4.69) is 36.4 Å². The molecular formula is C16H28N2O. The Morgan fingerprint density at radius 2 is 1.79 bits per heavy atom. The van der Waals surface area contributed by atoms with Gasteiger partial charge >= 0.3 is 0 Å². The van der Waals surface area contributed by atoms with Crippen molar-refractivity contribution in [3.63, 3.8) is 0 Å². The molecule has 0 spiro atoms. The van der Waals surface area contributed by atoms with E-state index in [1.165, 1.54) is 24.9 Å². The fourth-order valence-corrected chi connectivity index (χ4v) is 1.87. The Morgan fingerprint density at radius 3 is 2.37 bits per heavy atom. The number of ether oxygens (including phenoxy) is 1. The summed E-state index contributed by atoms with van der Waals surface area (Å²) in [6, 6.07) is 8.35. The molecule has 0 saturated heterocycles. The standard InChI is InChI=1S/C16H28N2O/c1-14(2)19-16-9-7-15(8-10-16)13-17-11-5-6-12-18(3)4/h7-10,14,17H,5-6,11-13H2,1-4H3. The lowest BCUT2D eigenvalue weighted by Gasteiger charge is -2.11. The molecule has 1 aromatic carbocycles. The van der Waals surface area contributed by atoms with Crippen LogP contribution < -0.4 is 10.1 Å². The first-order valence-electron chi connectivity index (χ1n) is 7.19. The molecule has 0 aliphatic rings. The highest BCUT2D eigenvalue weighted by atomic mass is 16.5. The van der Waals surface area contributed by atoms with Gasteiger partial charge in [-0.3, -0.25) is 0 Å². The Balaban J connectivity index is 2.16. The molecule has 0 bridgehead atoms. The van der Waals surface area contributed by atoms with Gasteiger partial charge in [-0.25, -0.2) is 0 Å². The molecule has 3 nitrogen and oxygen atoms in total. The third-order valence-corrected chi connectivity index (χ3v) is 2.83. The quantitative estimate of drug-likeness (QED) is 0.694. The summed E-state index contributed by atoms with van der Waals surface area (Å²) in [7, 11) is 4.24. The first-order valence-corrected chi connectivity index (χ1v) is 7.19. The Kier molecular flexibility index (Phi) is 7.53. The number of benzene rings is 1. The second kappa shape index (κ2) is 8.94. The van der Waals surface area contributed by atoms with Gasteiger partial charge in [0.2, 0.25) is 0 Å². The van der Waals surface area contributed by atoms with Crippen molar-refractivity contribution in [1.29, 1.82) is 0 Å². The molecule has 0 saturated carbocycles. The highest BCUT2D eigenvalue weighted by molar-refractivity contribution is 5.27. The van der Waals surface area contributed by atoms with Crippen molar-refractivity contribution in [3.8, 4) is 5.75 Å². The van der Waals surface area contributed by atoms with Crippen molar-refractivity contribution in [3.05, 3.63) is 29.8 Å². The molecule has 19 heavy (non-hydrogen) atoms. The van der Waals surface area contributed by atoms with E-state index in [1.54, 1.807) is 0 Å². The minimum atomic E-state index is 0.237. The monoisotopic (exact) mass is 264 g/mol. The number of hydrogen-bond donors (Lipinski definition) is 1. The summed E-state index contributed by atoms with van der Waals surface area (Å²) in [6.07, 6.45) is 2.72. The smallest absolute Gasteiger partial charge is 0.119 e. The van der Waals surface area contributed by atoms with Crippen LogP contribution in [0.5, 0.6) is 5.75 Å². The first-order chi connectivity index (χ1) is 9.08. The van der Waals surface area contributed by atoms with Crippen molar-refractivity contribution in [2.75, 3.05) is 27.2 Å². The van der Waals surface area contributed by atoms with Crippen LogP contribution in [0.4, 0.5) is 0 Å². The zero-order valence-corrected chi connectivity index (χ0v) is 12.8. The number of nitrogens with one attached hydrogen (secondary N) is 1. The Morgan fingerprint density at radius 1 is 1.11 bits per heavy atom. The average Bonchev–Trinajstić information content (AvgIpc) is 2.34. The van der Waals surface area contributed by atoms with Gasteiger partial charge in [0.25, 0.3) is 0 Å². The van der Waals surface area contributed by atoms with E-state index in [1.807, 2.05) is 26.0 Å². The van der Waals surface area contributed by atoms with Crippen LogP contribution >= 0.6 is 0 Å². The van der Waals surface area contributed by atoms with Crippen molar-refractivity contribution < 1.29 is 4.74 Å². The van der Waals surface area contributed by atoms with E-state index in [-0.39, 0.29) is 6.10 Å². The van der Waals surface area contributed by atoms with Crippen molar-refractivity contribution in [2.45, 2.75) is 39.3 Å². The largest absolute Gasteiger partial charge is 0.491 e. The molecule has 0 heterocycles. The van der Waals surface area contributed by atoms with Gasteiger partial charge in [-0.1, -0.05) is 12.1 Å². The van der Waals surface area contributed by atoms with Gasteiger partial charge in [-0.2, -0.15) is 0 Å². The maximum absolute atomic E-state index is 5.62. The maximum atomic E-state index is 5.62. The zero-order valence-electron chi connectivity index (χ0n) is 12.8. The molecule has 0 fully saturated rings. The van der Waals surface area contributed by atoms with Crippen LogP contribution in [0.15, 0.2) is 24.3 Å². The van der Waals surface area contributed by atoms with E-state index >= 15 is 0 Å². The summed E-state index contributed by atoms with van der Waals surface area (Å²) in [5, 5.41) is 3.48. The lowest BCUT2D eigenvalue weighted by molar-refractivity contribution is 0.242. The Hall–Kier alpha value is -1.06. The summed E-state index contributed by atoms with van der Waals surface area (Å²) in [4.78, 5) is 2.23. The molecular weight excluding hydrogens is 236 g/mol. The van der Waals surface area contributed by atoms with Crippen LogP contribution in [-0.2, 0) is 6.54 Å². The summed E-state index contributed by atoms with van der Waals surface area (Å²) in [6.45, 7) is 7.28. The zero-order chi connectivity index (χ0) is 14.1. The fraction of sp³-hybridized carbons (Fsp3) is 0.625. The van der Waals surface area contributed by atoms with Gasteiger partial charge in [-0.05, 0) is 71.6 Å². The SMILES string of the molecule is CC(C)Oc1ccc(CNCCCCN(C)C)cc1. The molecule has 0 radical (unpaired) electrons. The summed E-state index contributed by atoms with van der Waals surface area (Å²) >= 11 is 0. The maximum Gasteiger partial charge on any atom is 0.119 e. The molecule has 1 N–H and O–H groups in total. The lowest BCUT2D eigenvalue weighted by Crippen LogP contribution is -2.18. The van der Waals surface area contributed by atoms with Gasteiger partial charge in [0, 0.05) is 6.54 Å². The minimum absolute atomic E-state index is 0.237. The van der Waals surface area contributed by atoms with Crippen LogP contribution in [0.2, 0.25) is 0 Å². The molecule has 1 aromatic rings. The van der Waals surface area contributed by atoms with E-state index in [0.29, 0.717) is 0 Å². The summed E-state index contributed by atoms with van der Waals surface area (Å²) in [5.41, 5.74) is 1.31. The van der Waals surface area contributed by atoms with Gasteiger partial charge in [-0.15, -0.1) is 0 Å². The van der Waals surface area contributed by atoms with Crippen LogP contribution in [-0.4, -0.2) is 38.2 Å². The van der Waals surface area contributed by atoms with Crippen molar-refractivity contribution >= 4 is 0 Å². The molecule has 0 aliphatic heterocycles. The molecule has 0 amide bonds. The highest BCUT2D eigenvalue weighted by Crippen LogP contribution is 2.13. The van der Waals surface area contributed by atoms with Crippen LogP contribution in [0.25, 0.3) is 0 Å². The first kappa shape index (κ1) is 16.0. The molecule has 3 heteroatoms. The second-order valence-electron chi connectivity index (χ2n) is 5.50. The molecule has 108 valence electrons. The molecule has 0 aromatic heterocycles. The van der Waals surface area contributed by atoms with E-state index in [4.69, 9.17) is 4.74 Å². The molecule has 0 aliphatic carbocycles. The topological polar surface area (TPSA) is 24.5 Å². The van der Waals surface area contributed by atoms with Crippen molar-refractivity contribution in [1.82, 2.24) is 10.2 Å². The number of hydrogen-bond acceptors (Lipinski definition) is 3. The van der Waals surface area contributed by atoms with Gasteiger partial charge in [0.15, 0.2) is 0 Å². The predicted octanol–water partition coefficient (Wildman–Crippen LogP) is 2.91. The number of rotatable bonds is 9. The van der Waals surface area contributed by atoms with Crippen LogP contribution in [0.3, 0.4) is 0 Å². The van der Waals surface area contributed by atoms with Gasteiger partial charge in [0.1, 0.15) is 5.75 Å². The minimum Gasteiger partial charge on any atom is -0.491 e. The van der Waals surface area contributed by atoms with E-state index in [9.17, 15) is 0 Å². The second-order valence-corrected chi connectivity index (χ2v) is 5.50. The fourth-order valence-electron chi connectivity index (χ4n) is 1.87. The summed E-state index contributed by atoms with van der Waals surface area (Å²) < 4.78 is 5.62. The van der Waals surface area contributed by atoms with Gasteiger partial charge in [0.05, 0.1) is 6.10 Å². The van der Waals surface area contributed by atoms with Crippen molar-refractivity contribution in [2.24, 2.45) is 0 Å². The van der Waals surface area contributed by atoms with E-state index < -0.39 is 0 Å². The third-order valence-electron chi connectivity index (χ3n) is 2.83. The third kappa shape index (κ3) is 7.85. The molecule has 1 rings (SSSR count). The Labute approximate surface area is 118 Å². The van der Waals surface area contributed by atoms with Gasteiger partial charge < -0.3 is 15.0 Å². The van der Waals surface area contributed by atoms with Crippen LogP contribution in [0.1, 0.15) is 32.3 Å². The summed E-state index contributed by atoms with van der Waals surface area (Å²) in [5.74, 6) is 0.949. The molecule has 0 unspecified atom stereocenters. The normalized spacial score (nSPS) is 11.3. The van der Waals surface area contributed by atoms with E-state index in [0.717, 1.165) is 18.8 Å².